The Bertz CT molecular complexity index is 1800. The van der Waals surface area contributed by atoms with E-state index in [2.05, 4.69) is 15.9 Å². The number of nitrogens with zero attached hydrogens (tertiary/aromatic N) is 3. The van der Waals surface area contributed by atoms with Gasteiger partial charge >= 0.3 is 17.9 Å². The second kappa shape index (κ2) is 14.9. The topological polar surface area (TPSA) is 224 Å². The molecule has 0 bridgehead atoms. The zero-order valence-electron chi connectivity index (χ0n) is 24.9. The smallest absolute Gasteiger partial charge is 0.326 e. The number of hydrogen-bond acceptors (Lipinski definition) is 9. The first-order valence-electron chi connectivity index (χ1n) is 13.9. The Morgan fingerprint density at radius 2 is 1.74 bits per heavy atom. The van der Waals surface area contributed by atoms with E-state index in [0.717, 1.165) is 17.7 Å². The molecule has 242 valence electrons. The molecule has 3 aromatic rings. The molecule has 6 N–H and O–H groups in total. The summed E-state index contributed by atoms with van der Waals surface area (Å²) in [6.07, 6.45) is 2.99. The molecule has 0 fully saturated rings. The normalized spacial score (nSPS) is 12.2. The lowest BCUT2D eigenvalue weighted by Gasteiger charge is -2.28. The van der Waals surface area contributed by atoms with Gasteiger partial charge in [0.25, 0.3) is 11.5 Å². The van der Waals surface area contributed by atoms with Crippen molar-refractivity contribution < 1.29 is 43.7 Å². The van der Waals surface area contributed by atoms with Crippen molar-refractivity contribution in [3.05, 3.63) is 69.0 Å². The summed E-state index contributed by atoms with van der Waals surface area (Å²) >= 11 is 0. The van der Waals surface area contributed by atoms with E-state index in [0.29, 0.717) is 22.3 Å². The fourth-order valence-electron chi connectivity index (χ4n) is 4.76. The maximum absolute atomic E-state index is 15.6. The Kier molecular flexibility index (Phi) is 11.3. The van der Waals surface area contributed by atoms with E-state index in [1.165, 1.54) is 6.07 Å². The molecule has 15 heteroatoms. The van der Waals surface area contributed by atoms with E-state index in [4.69, 9.17) is 22.4 Å². The highest BCUT2D eigenvalue weighted by atomic mass is 19.1. The Morgan fingerprint density at radius 1 is 1.04 bits per heavy atom. The van der Waals surface area contributed by atoms with Gasteiger partial charge in [0.05, 0.1) is 23.0 Å². The lowest BCUT2D eigenvalue weighted by molar-refractivity contribution is -0.149. The monoisotopic (exact) mass is 637 g/mol. The molecular formula is C31H32FN5O9. The number of aromatic nitrogens is 2. The van der Waals surface area contributed by atoms with Crippen LogP contribution < -0.4 is 16.2 Å². The number of terminal acetylenes is 1. The predicted molar refractivity (Wildman–Crippen MR) is 162 cm³/mol. The standard InChI is InChI=1S/C31H32FN5O9/c1-4-11-36(15-18-13-21-24(12-16(18)2)34-17(3)35-28(21)41)19-5-6-20(22(32)14-19)29(42)37(25(31(45)46)8-10-27(39)40)26(38)9-7-23(33)30(43)44/h1,5-6,12-14,23,25H,7-11,15,33H2,2-3H3,(H,39,40)(H,43,44)(H,45,46)(H,34,35,41)/t23-,25+/m0/s1. The zero-order chi connectivity index (χ0) is 34.3. The number of aromatic amines is 1. The number of fused-ring (bicyclic) bond motifs is 1. The number of carbonyl (C=O) groups excluding carboxylic acids is 2. The number of imide groups is 1. The van der Waals surface area contributed by atoms with Crippen LogP contribution in [0, 0.1) is 32.0 Å². The molecule has 2 atom stereocenters. The molecule has 1 heterocycles. The Balaban J connectivity index is 1.99. The fourth-order valence-corrected chi connectivity index (χ4v) is 4.76. The number of H-pyrrole nitrogens is 1. The molecule has 1 aromatic heterocycles. The molecule has 3 rings (SSSR count). The van der Waals surface area contributed by atoms with E-state index in [1.54, 1.807) is 24.0 Å². The van der Waals surface area contributed by atoms with Crippen LogP contribution in [0.25, 0.3) is 10.9 Å². The summed E-state index contributed by atoms with van der Waals surface area (Å²) in [7, 11) is 0. The van der Waals surface area contributed by atoms with Gasteiger partial charge in [0.2, 0.25) is 5.91 Å². The van der Waals surface area contributed by atoms with E-state index in [9.17, 15) is 33.9 Å². The average molecular weight is 638 g/mol. The number of anilines is 1. The molecule has 0 aliphatic rings. The van der Waals surface area contributed by atoms with Crippen LogP contribution in [-0.2, 0) is 25.7 Å². The van der Waals surface area contributed by atoms with Crippen LogP contribution in [0.3, 0.4) is 0 Å². The predicted octanol–water partition coefficient (Wildman–Crippen LogP) is 1.80. The van der Waals surface area contributed by atoms with Gasteiger partial charge in [-0.1, -0.05) is 5.92 Å². The van der Waals surface area contributed by atoms with Crippen molar-refractivity contribution in [3.63, 3.8) is 0 Å². The number of carboxylic acid groups (broad SMARTS) is 3. The minimum Gasteiger partial charge on any atom is -0.481 e. The molecule has 2 aromatic carbocycles. The highest BCUT2D eigenvalue weighted by Gasteiger charge is 2.37. The van der Waals surface area contributed by atoms with Crippen molar-refractivity contribution in [3.8, 4) is 12.3 Å². The number of rotatable bonds is 14. The van der Waals surface area contributed by atoms with Crippen LogP contribution in [0.2, 0.25) is 0 Å². The maximum Gasteiger partial charge on any atom is 0.326 e. The number of benzene rings is 2. The fraction of sp³-hybridized carbons (Fsp3) is 0.323. The van der Waals surface area contributed by atoms with Gasteiger partial charge in [-0.2, -0.15) is 0 Å². The maximum atomic E-state index is 15.6. The summed E-state index contributed by atoms with van der Waals surface area (Å²) < 4.78 is 15.6. The van der Waals surface area contributed by atoms with E-state index < -0.39 is 78.9 Å². The van der Waals surface area contributed by atoms with Crippen LogP contribution in [0.4, 0.5) is 10.1 Å². The number of hydrogen-bond donors (Lipinski definition) is 5. The summed E-state index contributed by atoms with van der Waals surface area (Å²) in [6, 6.07) is 3.21. The Hall–Kier alpha value is -5.62. The van der Waals surface area contributed by atoms with Gasteiger partial charge in [-0.05, 0) is 68.1 Å². The molecule has 14 nitrogen and oxygen atoms in total. The average Bonchev–Trinajstić information content (AvgIpc) is 2.97. The first-order valence-corrected chi connectivity index (χ1v) is 13.9. The van der Waals surface area contributed by atoms with E-state index >= 15 is 4.39 Å². The molecule has 0 radical (unpaired) electrons. The summed E-state index contributed by atoms with van der Waals surface area (Å²) in [6.45, 7) is 3.57. The van der Waals surface area contributed by atoms with Gasteiger partial charge < -0.3 is 30.9 Å². The minimum atomic E-state index is -1.99. The Labute approximate surface area is 261 Å². The van der Waals surface area contributed by atoms with Gasteiger partial charge in [0, 0.05) is 25.1 Å². The van der Waals surface area contributed by atoms with Crippen molar-refractivity contribution in [2.45, 2.75) is 58.2 Å². The largest absolute Gasteiger partial charge is 0.481 e. The zero-order valence-corrected chi connectivity index (χ0v) is 24.9. The second-order valence-corrected chi connectivity index (χ2v) is 10.5. The molecule has 0 aliphatic heterocycles. The van der Waals surface area contributed by atoms with Crippen LogP contribution in [-0.4, -0.2) is 78.5 Å². The molecule has 46 heavy (non-hydrogen) atoms. The first-order chi connectivity index (χ1) is 21.6. The summed E-state index contributed by atoms with van der Waals surface area (Å²) in [4.78, 5) is 82.2. The van der Waals surface area contributed by atoms with Crippen molar-refractivity contribution in [1.82, 2.24) is 14.9 Å². The second-order valence-electron chi connectivity index (χ2n) is 10.5. The van der Waals surface area contributed by atoms with Crippen molar-refractivity contribution >= 4 is 46.3 Å². The number of amides is 2. The Morgan fingerprint density at radius 3 is 2.33 bits per heavy atom. The van der Waals surface area contributed by atoms with E-state index in [1.807, 2.05) is 6.92 Å². The van der Waals surface area contributed by atoms with Crippen molar-refractivity contribution in [2.24, 2.45) is 5.73 Å². The van der Waals surface area contributed by atoms with Gasteiger partial charge in [-0.25, -0.2) is 14.2 Å². The lowest BCUT2D eigenvalue weighted by Crippen LogP contribution is -2.49. The highest BCUT2D eigenvalue weighted by Crippen LogP contribution is 2.25. The number of aliphatic carboxylic acids is 3. The molecule has 0 unspecified atom stereocenters. The van der Waals surface area contributed by atoms with Gasteiger partial charge in [0.15, 0.2) is 0 Å². The van der Waals surface area contributed by atoms with Crippen LogP contribution in [0.15, 0.2) is 35.1 Å². The van der Waals surface area contributed by atoms with Gasteiger partial charge in [-0.3, -0.25) is 28.9 Å². The minimum absolute atomic E-state index is 0.0164. The number of aryl methyl sites for hydroxylation is 2. The number of carbonyl (C=O) groups is 5. The first kappa shape index (κ1) is 34.9. The number of nitrogens with one attached hydrogen (secondary N) is 1. The van der Waals surface area contributed by atoms with Gasteiger partial charge in [-0.15, -0.1) is 6.42 Å². The van der Waals surface area contributed by atoms with Crippen LogP contribution in [0.5, 0.6) is 0 Å². The van der Waals surface area contributed by atoms with Gasteiger partial charge in [0.1, 0.15) is 23.7 Å². The van der Waals surface area contributed by atoms with Crippen LogP contribution >= 0.6 is 0 Å². The molecule has 0 saturated carbocycles. The lowest BCUT2D eigenvalue weighted by atomic mass is 10.0. The summed E-state index contributed by atoms with van der Waals surface area (Å²) in [5.41, 5.74) is 6.56. The summed E-state index contributed by atoms with van der Waals surface area (Å²) in [5, 5.41) is 28.2. The van der Waals surface area contributed by atoms with Crippen molar-refractivity contribution in [2.75, 3.05) is 11.4 Å². The quantitative estimate of drug-likeness (QED) is 0.160. The summed E-state index contributed by atoms with van der Waals surface area (Å²) in [5.74, 6) is -5.34. The molecule has 0 spiro atoms. The third-order valence-corrected chi connectivity index (χ3v) is 7.18. The molecule has 0 aliphatic carbocycles. The number of nitrogens with two attached hydrogens (primary N) is 1. The SMILES string of the molecule is C#CCN(Cc1cc2c(=O)[nH]c(C)nc2cc1C)c1ccc(C(=O)N(C(=O)CC[C@H](N)C(=O)O)[C@H](CCC(=O)O)C(=O)O)c(F)c1. The van der Waals surface area contributed by atoms with Crippen molar-refractivity contribution in [1.29, 1.82) is 0 Å². The molecule has 0 saturated heterocycles. The van der Waals surface area contributed by atoms with Crippen LogP contribution in [0.1, 0.15) is 53.0 Å². The molecular weight excluding hydrogens is 605 g/mol. The third kappa shape index (κ3) is 8.30. The molecule has 2 amide bonds. The number of carboxylic acids is 3. The highest BCUT2D eigenvalue weighted by molar-refractivity contribution is 6.07. The number of halogens is 1. The third-order valence-electron chi connectivity index (χ3n) is 7.18. The van der Waals surface area contributed by atoms with E-state index in [-0.39, 0.29) is 29.2 Å².